The molecule has 0 saturated heterocycles. The van der Waals surface area contributed by atoms with E-state index in [0.717, 1.165) is 5.75 Å². The molecule has 0 aliphatic carbocycles. The lowest BCUT2D eigenvalue weighted by Crippen LogP contribution is -2.40. The highest BCUT2D eigenvalue weighted by Crippen LogP contribution is 2.28. The number of rotatable bonds is 3. The summed E-state index contributed by atoms with van der Waals surface area (Å²) >= 11 is 0. The molecule has 0 aliphatic heterocycles. The van der Waals surface area contributed by atoms with Gasteiger partial charge in [-0.3, -0.25) is 0 Å². The van der Waals surface area contributed by atoms with Crippen LogP contribution in [0.4, 0.5) is 0 Å². The summed E-state index contributed by atoms with van der Waals surface area (Å²) in [6, 6.07) is 6.45. The molecule has 0 aliphatic rings. The number of benzene rings is 1. The second-order valence-electron chi connectivity index (χ2n) is 7.51. The molecule has 1 aromatic rings. The van der Waals surface area contributed by atoms with Crippen LogP contribution in [0.1, 0.15) is 52.7 Å². The quantitative estimate of drug-likeness (QED) is 0.893. The van der Waals surface area contributed by atoms with E-state index in [2.05, 4.69) is 66.7 Å². The summed E-state index contributed by atoms with van der Waals surface area (Å²) < 4.78 is 5.87. The fourth-order valence-electron chi connectivity index (χ4n) is 1.71. The van der Waals surface area contributed by atoms with Crippen molar-refractivity contribution in [2.24, 2.45) is 11.1 Å². The predicted molar refractivity (Wildman–Crippen MR) is 82.8 cm³/mol. The smallest absolute Gasteiger partial charge is 0.122 e. The van der Waals surface area contributed by atoms with Gasteiger partial charge in [0.25, 0.3) is 0 Å². The molecule has 19 heavy (non-hydrogen) atoms. The topological polar surface area (TPSA) is 35.2 Å². The van der Waals surface area contributed by atoms with Crippen LogP contribution in [-0.2, 0) is 5.41 Å². The molecule has 0 bridgehead atoms. The van der Waals surface area contributed by atoms with Crippen LogP contribution in [0.3, 0.4) is 0 Å². The molecule has 0 aromatic heterocycles. The summed E-state index contributed by atoms with van der Waals surface area (Å²) in [5, 5.41) is 0. The van der Waals surface area contributed by atoms with E-state index in [0.29, 0.717) is 6.61 Å². The van der Waals surface area contributed by atoms with E-state index in [1.807, 2.05) is 0 Å². The molecule has 0 fully saturated rings. The monoisotopic (exact) mass is 263 g/mol. The maximum absolute atomic E-state index is 6.12. The minimum atomic E-state index is 0.0363. The van der Waals surface area contributed by atoms with E-state index in [1.165, 1.54) is 11.1 Å². The summed E-state index contributed by atoms with van der Waals surface area (Å²) in [7, 11) is 0. The number of nitrogens with two attached hydrogens (primary N) is 1. The summed E-state index contributed by atoms with van der Waals surface area (Å²) in [5.74, 6) is 0.938. The summed E-state index contributed by atoms with van der Waals surface area (Å²) in [6.45, 7) is 15.7. The fraction of sp³-hybridized carbons (Fsp3) is 0.647. The van der Waals surface area contributed by atoms with Crippen molar-refractivity contribution in [2.45, 2.75) is 59.9 Å². The van der Waals surface area contributed by atoms with Gasteiger partial charge in [0.05, 0.1) is 0 Å². The van der Waals surface area contributed by atoms with Crippen molar-refractivity contribution in [2.75, 3.05) is 6.61 Å². The van der Waals surface area contributed by atoms with Gasteiger partial charge < -0.3 is 10.5 Å². The zero-order chi connectivity index (χ0) is 14.8. The molecular weight excluding hydrogens is 234 g/mol. The Morgan fingerprint density at radius 3 is 2.11 bits per heavy atom. The molecule has 1 atom stereocenters. The zero-order valence-electron chi connectivity index (χ0n) is 13.5. The molecule has 0 radical (unpaired) electrons. The lowest BCUT2D eigenvalue weighted by Gasteiger charge is -2.27. The Morgan fingerprint density at radius 2 is 1.68 bits per heavy atom. The molecule has 2 heteroatoms. The Balaban J connectivity index is 2.77. The average molecular weight is 263 g/mol. The van der Waals surface area contributed by atoms with Crippen LogP contribution in [0, 0.1) is 12.3 Å². The molecule has 0 spiro atoms. The first kappa shape index (κ1) is 16.0. The number of hydrogen-bond donors (Lipinski definition) is 1. The third kappa shape index (κ3) is 4.54. The van der Waals surface area contributed by atoms with Crippen molar-refractivity contribution in [1.82, 2.24) is 0 Å². The van der Waals surface area contributed by atoms with Gasteiger partial charge in [-0.25, -0.2) is 0 Å². The second kappa shape index (κ2) is 5.54. The number of hydrogen-bond acceptors (Lipinski definition) is 2. The summed E-state index contributed by atoms with van der Waals surface area (Å²) in [5.41, 5.74) is 8.87. The molecule has 2 nitrogen and oxygen atoms in total. The third-order valence-electron chi connectivity index (χ3n) is 3.57. The van der Waals surface area contributed by atoms with Crippen LogP contribution in [-0.4, -0.2) is 12.6 Å². The first-order valence-corrected chi connectivity index (χ1v) is 7.01. The van der Waals surface area contributed by atoms with Gasteiger partial charge in [-0.05, 0) is 34.9 Å². The SMILES string of the molecule is Cc1cc(C(C)(C)C)ccc1OCC(N)C(C)(C)C. The largest absolute Gasteiger partial charge is 0.492 e. The minimum absolute atomic E-state index is 0.0363. The van der Waals surface area contributed by atoms with Crippen molar-refractivity contribution >= 4 is 0 Å². The molecule has 2 N–H and O–H groups in total. The van der Waals surface area contributed by atoms with Crippen molar-refractivity contribution in [3.63, 3.8) is 0 Å². The predicted octanol–water partition coefficient (Wildman–Crippen LogP) is 4.04. The molecule has 1 unspecified atom stereocenters. The van der Waals surface area contributed by atoms with E-state index >= 15 is 0 Å². The maximum atomic E-state index is 6.12. The minimum Gasteiger partial charge on any atom is -0.492 e. The molecule has 0 amide bonds. The van der Waals surface area contributed by atoms with E-state index in [9.17, 15) is 0 Å². The molecule has 1 rings (SSSR count). The lowest BCUT2D eigenvalue weighted by atomic mass is 9.86. The van der Waals surface area contributed by atoms with Gasteiger partial charge in [0.15, 0.2) is 0 Å². The Bertz CT molecular complexity index is 424. The van der Waals surface area contributed by atoms with Crippen LogP contribution < -0.4 is 10.5 Å². The van der Waals surface area contributed by atoms with Crippen LogP contribution in [0.15, 0.2) is 18.2 Å². The zero-order valence-corrected chi connectivity index (χ0v) is 13.5. The van der Waals surface area contributed by atoms with Gasteiger partial charge in [-0.2, -0.15) is 0 Å². The van der Waals surface area contributed by atoms with Gasteiger partial charge >= 0.3 is 0 Å². The van der Waals surface area contributed by atoms with Crippen molar-refractivity contribution < 1.29 is 4.74 Å². The maximum Gasteiger partial charge on any atom is 0.122 e. The first-order valence-electron chi connectivity index (χ1n) is 7.01. The van der Waals surface area contributed by atoms with Crippen LogP contribution >= 0.6 is 0 Å². The Kier molecular flexibility index (Phi) is 4.67. The molecule has 108 valence electrons. The number of ether oxygens (including phenoxy) is 1. The van der Waals surface area contributed by atoms with Gasteiger partial charge in [0, 0.05) is 6.04 Å². The van der Waals surface area contributed by atoms with Gasteiger partial charge in [0.1, 0.15) is 12.4 Å². The van der Waals surface area contributed by atoms with Crippen molar-refractivity contribution in [3.05, 3.63) is 29.3 Å². The fourth-order valence-corrected chi connectivity index (χ4v) is 1.71. The van der Waals surface area contributed by atoms with Crippen LogP contribution in [0.5, 0.6) is 5.75 Å². The van der Waals surface area contributed by atoms with E-state index in [1.54, 1.807) is 0 Å². The Hall–Kier alpha value is -1.02. The molecule has 0 heterocycles. The Labute approximate surface area is 118 Å². The van der Waals surface area contributed by atoms with E-state index in [-0.39, 0.29) is 16.9 Å². The standard InChI is InChI=1S/C17H29NO/c1-12-10-13(16(2,3)4)8-9-14(12)19-11-15(18)17(5,6)7/h8-10,15H,11,18H2,1-7H3. The van der Waals surface area contributed by atoms with E-state index < -0.39 is 0 Å². The first-order chi connectivity index (χ1) is 8.51. The highest BCUT2D eigenvalue weighted by Gasteiger charge is 2.21. The highest BCUT2D eigenvalue weighted by atomic mass is 16.5. The van der Waals surface area contributed by atoms with E-state index in [4.69, 9.17) is 10.5 Å². The van der Waals surface area contributed by atoms with Gasteiger partial charge in [0.2, 0.25) is 0 Å². The molecular formula is C17H29NO. The molecule has 1 aromatic carbocycles. The Morgan fingerprint density at radius 1 is 1.11 bits per heavy atom. The lowest BCUT2D eigenvalue weighted by molar-refractivity contribution is 0.204. The number of aryl methyl sites for hydroxylation is 1. The molecule has 0 saturated carbocycles. The van der Waals surface area contributed by atoms with Crippen LogP contribution in [0.2, 0.25) is 0 Å². The normalized spacial score (nSPS) is 14.3. The highest BCUT2D eigenvalue weighted by molar-refractivity contribution is 5.38. The van der Waals surface area contributed by atoms with Crippen LogP contribution in [0.25, 0.3) is 0 Å². The summed E-state index contributed by atoms with van der Waals surface area (Å²) in [4.78, 5) is 0. The van der Waals surface area contributed by atoms with Crippen molar-refractivity contribution in [3.8, 4) is 5.75 Å². The summed E-state index contributed by atoms with van der Waals surface area (Å²) in [6.07, 6.45) is 0. The average Bonchev–Trinajstić information content (AvgIpc) is 2.24. The van der Waals surface area contributed by atoms with Crippen molar-refractivity contribution in [1.29, 1.82) is 0 Å². The second-order valence-corrected chi connectivity index (χ2v) is 7.51. The van der Waals surface area contributed by atoms with Gasteiger partial charge in [-0.1, -0.05) is 53.7 Å². The third-order valence-corrected chi connectivity index (χ3v) is 3.57. The van der Waals surface area contributed by atoms with Gasteiger partial charge in [-0.15, -0.1) is 0 Å².